The highest BCUT2D eigenvalue weighted by Gasteiger charge is 2.23. The van der Waals surface area contributed by atoms with E-state index in [1.165, 1.54) is 128 Å². The maximum Gasteiger partial charge on any atom is 0.469 e. The average molecular weight is 691 g/mol. The summed E-state index contributed by atoms with van der Waals surface area (Å²) in [4.78, 5) is 42.8. The molecule has 9 heteroatoms. The van der Waals surface area contributed by atoms with Crippen molar-refractivity contribution in [1.82, 2.24) is 0 Å². The molecule has 0 aromatic rings. The molecule has 0 fully saturated rings. The number of phosphoric acid groups is 1. The topological polar surface area (TPSA) is 119 Å². The van der Waals surface area contributed by atoms with E-state index in [0.717, 1.165) is 44.4 Å². The Hall–Kier alpha value is -0.950. The lowest BCUT2D eigenvalue weighted by Crippen LogP contribution is -2.29. The molecular formula is C38H75O8P. The Balaban J connectivity index is 3.96. The van der Waals surface area contributed by atoms with Crippen LogP contribution in [0, 0.1) is 5.92 Å². The third kappa shape index (κ3) is 36.2. The number of unbranched alkanes of at least 4 members (excludes halogenated alkanes) is 22. The molecule has 0 aromatic heterocycles. The summed E-state index contributed by atoms with van der Waals surface area (Å²) in [5.74, 6) is -0.0622. The van der Waals surface area contributed by atoms with Crippen molar-refractivity contribution in [2.45, 2.75) is 213 Å². The molecule has 0 aliphatic heterocycles. The molecule has 280 valence electrons. The Labute approximate surface area is 289 Å². The van der Waals surface area contributed by atoms with Gasteiger partial charge in [-0.2, -0.15) is 0 Å². The van der Waals surface area contributed by atoms with Crippen LogP contribution in [0.2, 0.25) is 0 Å². The molecule has 0 aliphatic carbocycles. The highest BCUT2D eigenvalue weighted by atomic mass is 31.2. The molecule has 0 aromatic carbocycles. The summed E-state index contributed by atoms with van der Waals surface area (Å²) in [5.41, 5.74) is 0. The van der Waals surface area contributed by atoms with Gasteiger partial charge < -0.3 is 19.3 Å². The summed E-state index contributed by atoms with van der Waals surface area (Å²) in [6.45, 7) is 6.07. The van der Waals surface area contributed by atoms with E-state index >= 15 is 0 Å². The summed E-state index contributed by atoms with van der Waals surface area (Å²) in [5, 5.41) is 0. The van der Waals surface area contributed by atoms with Crippen LogP contribution in [0.1, 0.15) is 207 Å². The predicted molar refractivity (Wildman–Crippen MR) is 193 cm³/mol. The van der Waals surface area contributed by atoms with Crippen LogP contribution >= 0.6 is 7.82 Å². The van der Waals surface area contributed by atoms with Crippen molar-refractivity contribution in [3.8, 4) is 0 Å². The Kier molecular flexibility index (Phi) is 32.9. The fourth-order valence-corrected chi connectivity index (χ4v) is 6.33. The van der Waals surface area contributed by atoms with Crippen molar-refractivity contribution in [1.29, 1.82) is 0 Å². The van der Waals surface area contributed by atoms with Crippen molar-refractivity contribution in [3.05, 3.63) is 0 Å². The predicted octanol–water partition coefficient (Wildman–Crippen LogP) is 11.5. The normalized spacial score (nSPS) is 13.0. The van der Waals surface area contributed by atoms with Crippen LogP contribution < -0.4 is 0 Å². The van der Waals surface area contributed by atoms with Gasteiger partial charge in [-0.05, 0) is 18.8 Å². The molecule has 0 amide bonds. The minimum absolute atomic E-state index is 0.218. The average Bonchev–Trinajstić information content (AvgIpc) is 3.03. The van der Waals surface area contributed by atoms with Gasteiger partial charge in [-0.1, -0.05) is 181 Å². The van der Waals surface area contributed by atoms with E-state index in [1.54, 1.807) is 0 Å². The first-order valence-corrected chi connectivity index (χ1v) is 21.3. The van der Waals surface area contributed by atoms with E-state index in [2.05, 4.69) is 25.3 Å². The van der Waals surface area contributed by atoms with Gasteiger partial charge in [-0.3, -0.25) is 14.1 Å². The lowest BCUT2D eigenvalue weighted by atomic mass is 9.96. The molecule has 0 radical (unpaired) electrons. The van der Waals surface area contributed by atoms with E-state index < -0.39 is 32.5 Å². The third-order valence-corrected chi connectivity index (χ3v) is 9.51. The van der Waals surface area contributed by atoms with Gasteiger partial charge >= 0.3 is 19.8 Å². The fourth-order valence-electron chi connectivity index (χ4n) is 5.97. The summed E-state index contributed by atoms with van der Waals surface area (Å²) in [6.07, 6.45) is 32.4. The maximum atomic E-state index is 12.4. The molecule has 0 saturated carbocycles. The zero-order valence-electron chi connectivity index (χ0n) is 30.9. The van der Waals surface area contributed by atoms with E-state index in [4.69, 9.17) is 19.3 Å². The van der Waals surface area contributed by atoms with Crippen LogP contribution in [0.4, 0.5) is 0 Å². The van der Waals surface area contributed by atoms with Crippen molar-refractivity contribution in [2.75, 3.05) is 13.2 Å². The van der Waals surface area contributed by atoms with Crippen LogP contribution in [-0.2, 0) is 28.2 Å². The van der Waals surface area contributed by atoms with Crippen molar-refractivity contribution >= 4 is 19.8 Å². The van der Waals surface area contributed by atoms with Crippen LogP contribution in [0.3, 0.4) is 0 Å². The first-order valence-electron chi connectivity index (χ1n) is 19.7. The van der Waals surface area contributed by atoms with E-state index in [1.807, 2.05) is 0 Å². The van der Waals surface area contributed by atoms with Crippen molar-refractivity contribution in [3.63, 3.8) is 0 Å². The molecule has 0 unspecified atom stereocenters. The number of hydrogen-bond donors (Lipinski definition) is 2. The first kappa shape index (κ1) is 46.0. The van der Waals surface area contributed by atoms with Crippen LogP contribution in [0.15, 0.2) is 0 Å². The minimum atomic E-state index is -4.74. The second-order valence-electron chi connectivity index (χ2n) is 13.9. The molecular weight excluding hydrogens is 615 g/mol. The van der Waals surface area contributed by atoms with E-state index in [9.17, 15) is 14.2 Å². The third-order valence-electron chi connectivity index (χ3n) is 9.02. The summed E-state index contributed by atoms with van der Waals surface area (Å²) < 4.78 is 26.4. The smallest absolute Gasteiger partial charge is 0.462 e. The molecule has 8 nitrogen and oxygen atoms in total. The van der Waals surface area contributed by atoms with Gasteiger partial charge in [0, 0.05) is 12.8 Å². The first-order chi connectivity index (χ1) is 22.7. The molecule has 0 saturated heterocycles. The molecule has 0 rings (SSSR count). The Bertz CT molecular complexity index is 756. The number of hydrogen-bond acceptors (Lipinski definition) is 6. The second kappa shape index (κ2) is 33.5. The van der Waals surface area contributed by atoms with Gasteiger partial charge in [0.1, 0.15) is 6.61 Å². The number of esters is 2. The van der Waals surface area contributed by atoms with Crippen LogP contribution in [-0.4, -0.2) is 41.0 Å². The molecule has 2 atom stereocenters. The maximum absolute atomic E-state index is 12.4. The molecule has 0 bridgehead atoms. The number of carbonyl (C=O) groups is 2. The lowest BCUT2D eigenvalue weighted by Gasteiger charge is -2.18. The highest BCUT2D eigenvalue weighted by Crippen LogP contribution is 2.36. The molecule has 2 N–H and O–H groups in total. The standard InChI is InChI=1S/C38H75O8P/c1-4-6-8-10-12-13-14-15-16-17-18-24-28-32-38(40)46-36(34-45-47(41,42)43)33-44-37(39)31-27-23-20-19-22-26-30-35(3)29-25-21-11-9-7-5-2/h35-36H,4-34H2,1-3H3,(H2,41,42,43)/t35-,36-/m1/s1. The Morgan fingerprint density at radius 2 is 0.894 bits per heavy atom. The van der Waals surface area contributed by atoms with Gasteiger partial charge in [0.2, 0.25) is 0 Å². The van der Waals surface area contributed by atoms with E-state index in [-0.39, 0.29) is 19.4 Å². The zero-order valence-corrected chi connectivity index (χ0v) is 31.8. The minimum Gasteiger partial charge on any atom is -0.462 e. The lowest BCUT2D eigenvalue weighted by molar-refractivity contribution is -0.161. The summed E-state index contributed by atoms with van der Waals surface area (Å²) in [7, 11) is -4.74. The molecule has 0 aliphatic rings. The Morgan fingerprint density at radius 1 is 0.532 bits per heavy atom. The molecule has 47 heavy (non-hydrogen) atoms. The van der Waals surface area contributed by atoms with Gasteiger partial charge in [0.15, 0.2) is 6.10 Å². The van der Waals surface area contributed by atoms with E-state index in [0.29, 0.717) is 6.42 Å². The number of phosphoric ester groups is 1. The van der Waals surface area contributed by atoms with Crippen molar-refractivity contribution < 1.29 is 37.9 Å². The van der Waals surface area contributed by atoms with Crippen LogP contribution in [0.25, 0.3) is 0 Å². The zero-order chi connectivity index (χ0) is 34.9. The number of rotatable bonds is 36. The SMILES string of the molecule is CCCCCCCCCCCCCCCC(=O)O[C@H](COC(=O)CCCCCCCC[C@H](C)CCCCCCCC)COP(=O)(O)O. The highest BCUT2D eigenvalue weighted by molar-refractivity contribution is 7.46. The number of carbonyl (C=O) groups excluding carboxylic acids is 2. The largest absolute Gasteiger partial charge is 0.469 e. The summed E-state index contributed by atoms with van der Waals surface area (Å²) in [6, 6.07) is 0. The van der Waals surface area contributed by atoms with Gasteiger partial charge in [0.05, 0.1) is 6.61 Å². The summed E-state index contributed by atoms with van der Waals surface area (Å²) >= 11 is 0. The van der Waals surface area contributed by atoms with Gasteiger partial charge in [-0.25, -0.2) is 4.57 Å². The monoisotopic (exact) mass is 691 g/mol. The van der Waals surface area contributed by atoms with Crippen LogP contribution in [0.5, 0.6) is 0 Å². The van der Waals surface area contributed by atoms with Gasteiger partial charge in [0.25, 0.3) is 0 Å². The Morgan fingerprint density at radius 3 is 1.30 bits per heavy atom. The second-order valence-corrected chi connectivity index (χ2v) is 15.1. The fraction of sp³-hybridized carbons (Fsp3) is 0.947. The van der Waals surface area contributed by atoms with Gasteiger partial charge in [-0.15, -0.1) is 0 Å². The van der Waals surface area contributed by atoms with Crippen molar-refractivity contribution in [2.24, 2.45) is 5.92 Å². The molecule has 0 heterocycles. The quantitative estimate of drug-likeness (QED) is 0.0379. The number of ether oxygens (including phenoxy) is 2. The molecule has 0 spiro atoms.